The second-order valence-electron chi connectivity index (χ2n) is 5.96. The smallest absolute Gasteiger partial charge is 0.274 e. The Morgan fingerprint density at radius 1 is 1.00 bits per heavy atom. The molecule has 0 N–H and O–H groups in total. The Labute approximate surface area is 150 Å². The van der Waals surface area contributed by atoms with Gasteiger partial charge in [0.1, 0.15) is 5.69 Å². The molecule has 0 saturated carbocycles. The van der Waals surface area contributed by atoms with Gasteiger partial charge >= 0.3 is 0 Å². The van der Waals surface area contributed by atoms with Crippen LogP contribution in [0.3, 0.4) is 0 Å². The molecule has 140 valence electrons. The van der Waals surface area contributed by atoms with Crippen molar-refractivity contribution in [3.05, 3.63) is 23.8 Å². The SMILES string of the molecule is CCCN(CCC)C(=O)CCN(CCOC)C(=O)c1cnc(C)cn1. The Balaban J connectivity index is 2.73. The Morgan fingerprint density at radius 2 is 1.68 bits per heavy atom. The van der Waals surface area contributed by atoms with Crippen LogP contribution in [0.4, 0.5) is 0 Å². The number of aromatic nitrogens is 2. The molecule has 1 rings (SSSR count). The first-order chi connectivity index (χ1) is 12.0. The minimum atomic E-state index is -0.227. The summed E-state index contributed by atoms with van der Waals surface area (Å²) in [6.07, 6.45) is 5.19. The van der Waals surface area contributed by atoms with Gasteiger partial charge in [0.25, 0.3) is 5.91 Å². The number of methoxy groups -OCH3 is 1. The fraction of sp³-hybridized carbons (Fsp3) is 0.667. The number of carbonyl (C=O) groups excluding carboxylic acids is 2. The van der Waals surface area contributed by atoms with E-state index in [1.165, 1.54) is 6.20 Å². The Hall–Kier alpha value is -2.02. The Morgan fingerprint density at radius 3 is 2.20 bits per heavy atom. The van der Waals surface area contributed by atoms with Crippen molar-refractivity contribution in [1.29, 1.82) is 0 Å². The van der Waals surface area contributed by atoms with Crippen molar-refractivity contribution < 1.29 is 14.3 Å². The van der Waals surface area contributed by atoms with Gasteiger partial charge in [-0.25, -0.2) is 4.98 Å². The lowest BCUT2D eigenvalue weighted by Crippen LogP contribution is -2.39. The molecule has 0 unspecified atom stereocenters. The average molecular weight is 350 g/mol. The molecule has 1 aromatic heterocycles. The van der Waals surface area contributed by atoms with Gasteiger partial charge in [0.05, 0.1) is 18.5 Å². The molecular formula is C18H30N4O3. The lowest BCUT2D eigenvalue weighted by atomic mass is 10.2. The van der Waals surface area contributed by atoms with Gasteiger partial charge in [0.15, 0.2) is 0 Å². The van der Waals surface area contributed by atoms with Crippen LogP contribution in [-0.2, 0) is 9.53 Å². The molecule has 0 fully saturated rings. The van der Waals surface area contributed by atoms with Crippen LogP contribution in [-0.4, -0.2) is 71.5 Å². The van der Waals surface area contributed by atoms with Crippen molar-refractivity contribution in [2.45, 2.75) is 40.0 Å². The topological polar surface area (TPSA) is 75.6 Å². The van der Waals surface area contributed by atoms with Gasteiger partial charge in [-0.15, -0.1) is 0 Å². The minimum absolute atomic E-state index is 0.0777. The highest BCUT2D eigenvalue weighted by molar-refractivity contribution is 5.92. The summed E-state index contributed by atoms with van der Waals surface area (Å²) in [5, 5.41) is 0. The Bertz CT molecular complexity index is 528. The molecular weight excluding hydrogens is 320 g/mol. The van der Waals surface area contributed by atoms with Crippen molar-refractivity contribution in [1.82, 2.24) is 19.8 Å². The molecule has 0 saturated heterocycles. The van der Waals surface area contributed by atoms with Crippen LogP contribution < -0.4 is 0 Å². The summed E-state index contributed by atoms with van der Waals surface area (Å²) in [6.45, 7) is 8.61. The molecule has 25 heavy (non-hydrogen) atoms. The molecule has 0 aliphatic heterocycles. The maximum atomic E-state index is 12.6. The van der Waals surface area contributed by atoms with Gasteiger partial charge in [-0.3, -0.25) is 14.6 Å². The number of nitrogens with zero attached hydrogens (tertiary/aromatic N) is 4. The summed E-state index contributed by atoms with van der Waals surface area (Å²) in [6, 6.07) is 0. The quantitative estimate of drug-likeness (QED) is 0.609. The summed E-state index contributed by atoms with van der Waals surface area (Å²) in [7, 11) is 1.59. The second kappa shape index (κ2) is 11.5. The summed E-state index contributed by atoms with van der Waals surface area (Å²) < 4.78 is 5.08. The molecule has 7 heteroatoms. The zero-order valence-corrected chi connectivity index (χ0v) is 15.8. The molecule has 0 spiro atoms. The number of ether oxygens (including phenoxy) is 1. The molecule has 0 radical (unpaired) electrons. The van der Waals surface area contributed by atoms with E-state index in [2.05, 4.69) is 23.8 Å². The van der Waals surface area contributed by atoms with E-state index in [0.717, 1.165) is 31.6 Å². The van der Waals surface area contributed by atoms with E-state index in [9.17, 15) is 9.59 Å². The van der Waals surface area contributed by atoms with Crippen LogP contribution in [0.5, 0.6) is 0 Å². The zero-order chi connectivity index (χ0) is 18.7. The van der Waals surface area contributed by atoms with E-state index in [1.807, 2.05) is 11.8 Å². The first-order valence-corrected chi connectivity index (χ1v) is 8.88. The fourth-order valence-electron chi connectivity index (χ4n) is 2.47. The molecule has 1 aromatic rings. The predicted octanol–water partition coefficient (Wildman–Crippen LogP) is 1.91. The van der Waals surface area contributed by atoms with Crippen molar-refractivity contribution in [3.63, 3.8) is 0 Å². The standard InChI is InChI=1S/C18H30N4O3/c1-5-8-21(9-6-2)17(23)7-10-22(11-12-25-4)18(24)16-14-19-15(3)13-20-16/h13-14H,5-12H2,1-4H3. The number of aryl methyl sites for hydroxylation is 1. The van der Waals surface area contributed by atoms with Gasteiger partial charge < -0.3 is 14.5 Å². The van der Waals surface area contributed by atoms with Gasteiger partial charge in [0, 0.05) is 45.9 Å². The molecule has 0 aliphatic carbocycles. The maximum absolute atomic E-state index is 12.6. The van der Waals surface area contributed by atoms with Crippen molar-refractivity contribution in [2.75, 3.05) is 39.9 Å². The highest BCUT2D eigenvalue weighted by Crippen LogP contribution is 2.05. The summed E-state index contributed by atoms with van der Waals surface area (Å²) in [5.41, 5.74) is 1.04. The molecule has 0 bridgehead atoms. The van der Waals surface area contributed by atoms with E-state index in [-0.39, 0.29) is 17.5 Å². The molecule has 2 amide bonds. The summed E-state index contributed by atoms with van der Waals surface area (Å²) in [4.78, 5) is 36.8. The van der Waals surface area contributed by atoms with Crippen molar-refractivity contribution in [2.24, 2.45) is 0 Å². The summed E-state index contributed by atoms with van der Waals surface area (Å²) >= 11 is 0. The lowest BCUT2D eigenvalue weighted by Gasteiger charge is -2.25. The predicted molar refractivity (Wildman–Crippen MR) is 96.3 cm³/mol. The van der Waals surface area contributed by atoms with Crippen LogP contribution in [0, 0.1) is 6.92 Å². The highest BCUT2D eigenvalue weighted by atomic mass is 16.5. The average Bonchev–Trinajstić information content (AvgIpc) is 2.61. The first-order valence-electron chi connectivity index (χ1n) is 8.88. The number of hydrogen-bond donors (Lipinski definition) is 0. The van der Waals surface area contributed by atoms with Gasteiger partial charge in [-0.1, -0.05) is 13.8 Å². The van der Waals surface area contributed by atoms with Gasteiger partial charge in [-0.2, -0.15) is 0 Å². The van der Waals surface area contributed by atoms with E-state index in [1.54, 1.807) is 18.2 Å². The van der Waals surface area contributed by atoms with Gasteiger partial charge in [-0.05, 0) is 19.8 Å². The summed E-state index contributed by atoms with van der Waals surface area (Å²) in [5.74, 6) is -0.149. The zero-order valence-electron chi connectivity index (χ0n) is 15.8. The normalized spacial score (nSPS) is 10.6. The molecule has 1 heterocycles. The molecule has 0 aliphatic rings. The third kappa shape index (κ3) is 7.17. The molecule has 7 nitrogen and oxygen atoms in total. The van der Waals surface area contributed by atoms with Crippen LogP contribution in [0.15, 0.2) is 12.4 Å². The number of amides is 2. The van der Waals surface area contributed by atoms with E-state index in [4.69, 9.17) is 4.74 Å². The molecule has 0 atom stereocenters. The largest absolute Gasteiger partial charge is 0.383 e. The first kappa shape index (κ1) is 21.0. The maximum Gasteiger partial charge on any atom is 0.274 e. The van der Waals surface area contributed by atoms with Crippen LogP contribution in [0.2, 0.25) is 0 Å². The fourth-order valence-corrected chi connectivity index (χ4v) is 2.47. The second-order valence-corrected chi connectivity index (χ2v) is 5.96. The van der Waals surface area contributed by atoms with Crippen molar-refractivity contribution in [3.8, 4) is 0 Å². The van der Waals surface area contributed by atoms with E-state index >= 15 is 0 Å². The van der Waals surface area contributed by atoms with Gasteiger partial charge in [0.2, 0.25) is 5.91 Å². The van der Waals surface area contributed by atoms with Crippen LogP contribution in [0.1, 0.15) is 49.3 Å². The van der Waals surface area contributed by atoms with E-state index < -0.39 is 0 Å². The number of rotatable bonds is 11. The number of carbonyl (C=O) groups is 2. The van der Waals surface area contributed by atoms with Crippen molar-refractivity contribution >= 4 is 11.8 Å². The molecule has 0 aromatic carbocycles. The third-order valence-corrected chi connectivity index (χ3v) is 3.79. The van der Waals surface area contributed by atoms with Crippen LogP contribution >= 0.6 is 0 Å². The van der Waals surface area contributed by atoms with E-state index in [0.29, 0.717) is 26.1 Å². The number of hydrogen-bond acceptors (Lipinski definition) is 5. The lowest BCUT2D eigenvalue weighted by molar-refractivity contribution is -0.131. The van der Waals surface area contributed by atoms with Crippen LogP contribution in [0.25, 0.3) is 0 Å². The minimum Gasteiger partial charge on any atom is -0.383 e. The Kier molecular flexibility index (Phi) is 9.69. The third-order valence-electron chi connectivity index (χ3n) is 3.79. The highest BCUT2D eigenvalue weighted by Gasteiger charge is 2.20. The monoisotopic (exact) mass is 350 g/mol.